The van der Waals surface area contributed by atoms with Crippen LogP contribution >= 0.6 is 0 Å². The molecule has 0 saturated heterocycles. The van der Waals surface area contributed by atoms with Crippen molar-refractivity contribution in [2.24, 2.45) is 0 Å². The van der Waals surface area contributed by atoms with Gasteiger partial charge in [-0.1, -0.05) is 32.9 Å². The molecule has 0 atom stereocenters. The molecule has 2 aromatic carbocycles. The first-order valence-corrected chi connectivity index (χ1v) is 9.14. The molecule has 0 unspecified atom stereocenters. The van der Waals surface area contributed by atoms with Gasteiger partial charge in [-0.2, -0.15) is 0 Å². The van der Waals surface area contributed by atoms with E-state index in [-0.39, 0.29) is 16.1 Å². The highest BCUT2D eigenvalue weighted by molar-refractivity contribution is 7.90. The zero-order valence-corrected chi connectivity index (χ0v) is 14.8. The Balaban J connectivity index is 2.37. The molecule has 128 valence electrons. The number of sulfone groups is 1. The van der Waals surface area contributed by atoms with Crippen molar-refractivity contribution in [2.75, 3.05) is 6.26 Å². The highest BCUT2D eigenvalue weighted by Crippen LogP contribution is 2.34. The smallest absolute Gasteiger partial charge is 0.312 e. The minimum absolute atomic E-state index is 0.00379. The van der Waals surface area contributed by atoms with E-state index in [0.29, 0.717) is 5.75 Å². The maximum absolute atomic E-state index is 11.5. The molecule has 0 aliphatic rings. The monoisotopic (exact) mass is 349 g/mol. The van der Waals surface area contributed by atoms with Gasteiger partial charge >= 0.3 is 5.69 Å². The van der Waals surface area contributed by atoms with E-state index in [1.807, 2.05) is 12.1 Å². The molecule has 0 fully saturated rings. The summed E-state index contributed by atoms with van der Waals surface area (Å²) in [7, 11) is -3.53. The molecular weight excluding hydrogens is 330 g/mol. The van der Waals surface area contributed by atoms with Crippen molar-refractivity contribution in [1.82, 2.24) is 0 Å². The van der Waals surface area contributed by atoms with E-state index >= 15 is 0 Å². The molecule has 0 saturated carbocycles. The van der Waals surface area contributed by atoms with Crippen LogP contribution in [-0.2, 0) is 15.3 Å². The third-order valence-corrected chi connectivity index (χ3v) is 4.61. The Labute approximate surface area is 141 Å². The Bertz CT molecular complexity index is 865. The summed E-state index contributed by atoms with van der Waals surface area (Å²) < 4.78 is 28.7. The van der Waals surface area contributed by atoms with Gasteiger partial charge in [-0.15, -0.1) is 0 Å². The van der Waals surface area contributed by atoms with Crippen molar-refractivity contribution in [2.45, 2.75) is 31.1 Å². The minimum atomic E-state index is -3.53. The first-order valence-electron chi connectivity index (χ1n) is 7.25. The van der Waals surface area contributed by atoms with E-state index in [1.54, 1.807) is 12.1 Å². The van der Waals surface area contributed by atoms with Crippen LogP contribution in [0.15, 0.2) is 47.4 Å². The van der Waals surface area contributed by atoms with E-state index in [0.717, 1.165) is 17.9 Å². The second-order valence-electron chi connectivity index (χ2n) is 6.54. The molecule has 7 heteroatoms. The molecule has 0 aliphatic carbocycles. The molecule has 0 N–H and O–H groups in total. The van der Waals surface area contributed by atoms with Crippen LogP contribution in [0.25, 0.3) is 0 Å². The topological polar surface area (TPSA) is 86.5 Å². The summed E-state index contributed by atoms with van der Waals surface area (Å²) in [6, 6.07) is 10.9. The molecule has 0 bridgehead atoms. The number of rotatable bonds is 4. The van der Waals surface area contributed by atoms with Gasteiger partial charge in [-0.25, -0.2) is 8.42 Å². The lowest BCUT2D eigenvalue weighted by Crippen LogP contribution is -2.10. The highest BCUT2D eigenvalue weighted by atomic mass is 32.2. The molecule has 24 heavy (non-hydrogen) atoms. The van der Waals surface area contributed by atoms with Crippen LogP contribution in [-0.4, -0.2) is 19.6 Å². The fourth-order valence-electron chi connectivity index (χ4n) is 2.11. The Morgan fingerprint density at radius 3 is 2.08 bits per heavy atom. The fraction of sp³-hybridized carbons (Fsp3) is 0.294. The highest BCUT2D eigenvalue weighted by Gasteiger charge is 2.20. The first kappa shape index (κ1) is 17.9. The SMILES string of the molecule is CC(C)(C)c1ccc(Oc2ccc(S(C)(=O)=O)cc2[N+](=O)[O-])cc1. The van der Waals surface area contributed by atoms with Gasteiger partial charge in [0.25, 0.3) is 0 Å². The van der Waals surface area contributed by atoms with Crippen molar-refractivity contribution in [1.29, 1.82) is 0 Å². The zero-order valence-electron chi connectivity index (χ0n) is 13.9. The van der Waals surface area contributed by atoms with E-state index in [4.69, 9.17) is 4.74 Å². The number of ether oxygens (including phenoxy) is 1. The molecule has 0 amide bonds. The van der Waals surface area contributed by atoms with Gasteiger partial charge in [0.2, 0.25) is 5.75 Å². The average molecular weight is 349 g/mol. The Morgan fingerprint density at radius 1 is 1.04 bits per heavy atom. The molecule has 0 spiro atoms. The van der Waals surface area contributed by atoms with E-state index in [9.17, 15) is 18.5 Å². The molecule has 6 nitrogen and oxygen atoms in total. The molecule has 2 rings (SSSR count). The van der Waals surface area contributed by atoms with E-state index < -0.39 is 20.4 Å². The molecular formula is C17H19NO5S. The predicted molar refractivity (Wildman–Crippen MR) is 91.4 cm³/mol. The van der Waals surface area contributed by atoms with Crippen LogP contribution in [0.4, 0.5) is 5.69 Å². The second-order valence-corrected chi connectivity index (χ2v) is 8.55. The standard InChI is InChI=1S/C17H19NO5S/c1-17(2,3)12-5-7-13(8-6-12)23-16-10-9-14(24(4,21)22)11-15(16)18(19)20/h5-11H,1-4H3. The van der Waals surface area contributed by atoms with Crippen LogP contribution in [0.3, 0.4) is 0 Å². The Hall–Kier alpha value is -2.41. The summed E-state index contributed by atoms with van der Waals surface area (Å²) in [4.78, 5) is 10.4. The Kier molecular flexibility index (Phi) is 4.66. The largest absolute Gasteiger partial charge is 0.450 e. The third kappa shape index (κ3) is 4.11. The summed E-state index contributed by atoms with van der Waals surface area (Å²) in [6.45, 7) is 6.24. The lowest BCUT2D eigenvalue weighted by Gasteiger charge is -2.19. The number of nitrogens with zero attached hydrogens (tertiary/aromatic N) is 1. The van der Waals surface area contributed by atoms with Gasteiger partial charge < -0.3 is 4.74 Å². The van der Waals surface area contributed by atoms with Gasteiger partial charge in [-0.05, 0) is 35.2 Å². The first-order chi connectivity index (χ1) is 11.0. The van der Waals surface area contributed by atoms with Gasteiger partial charge in [0.15, 0.2) is 9.84 Å². The van der Waals surface area contributed by atoms with Crippen LogP contribution in [0.2, 0.25) is 0 Å². The Morgan fingerprint density at radius 2 is 1.62 bits per heavy atom. The summed E-state index contributed by atoms with van der Waals surface area (Å²) in [5, 5.41) is 11.2. The summed E-state index contributed by atoms with van der Waals surface area (Å²) in [6.07, 6.45) is 0.998. The molecule has 2 aromatic rings. The lowest BCUT2D eigenvalue weighted by molar-refractivity contribution is -0.385. The number of hydrogen-bond donors (Lipinski definition) is 0. The van der Waals surface area contributed by atoms with Gasteiger partial charge in [-0.3, -0.25) is 10.1 Å². The summed E-state index contributed by atoms with van der Waals surface area (Å²) in [5.74, 6) is 0.439. The normalized spacial score (nSPS) is 12.0. The number of nitro benzene ring substituents is 1. The number of benzene rings is 2. The molecule has 0 radical (unpaired) electrons. The maximum Gasteiger partial charge on any atom is 0.312 e. The molecule has 0 aliphatic heterocycles. The summed E-state index contributed by atoms with van der Waals surface area (Å²) in [5.41, 5.74) is 0.705. The second kappa shape index (κ2) is 6.24. The van der Waals surface area contributed by atoms with Crippen molar-refractivity contribution in [3.63, 3.8) is 0 Å². The maximum atomic E-state index is 11.5. The average Bonchev–Trinajstić information content (AvgIpc) is 2.46. The van der Waals surface area contributed by atoms with Crippen LogP contribution in [0.1, 0.15) is 26.3 Å². The third-order valence-electron chi connectivity index (χ3n) is 3.50. The number of nitro groups is 1. The fourth-order valence-corrected chi connectivity index (χ4v) is 2.75. The predicted octanol–water partition coefficient (Wildman–Crippen LogP) is 4.09. The van der Waals surface area contributed by atoms with E-state index in [1.165, 1.54) is 12.1 Å². The van der Waals surface area contributed by atoms with Crippen LogP contribution in [0.5, 0.6) is 11.5 Å². The van der Waals surface area contributed by atoms with Crippen LogP contribution in [0, 0.1) is 10.1 Å². The van der Waals surface area contributed by atoms with Gasteiger partial charge in [0.05, 0.1) is 9.82 Å². The molecule has 0 aromatic heterocycles. The van der Waals surface area contributed by atoms with Crippen molar-refractivity contribution in [3.8, 4) is 11.5 Å². The van der Waals surface area contributed by atoms with Gasteiger partial charge in [0, 0.05) is 12.3 Å². The van der Waals surface area contributed by atoms with Crippen LogP contribution < -0.4 is 4.74 Å². The minimum Gasteiger partial charge on any atom is -0.450 e. The van der Waals surface area contributed by atoms with Crippen molar-refractivity contribution in [3.05, 3.63) is 58.1 Å². The van der Waals surface area contributed by atoms with Crippen molar-refractivity contribution < 1.29 is 18.1 Å². The quantitative estimate of drug-likeness (QED) is 0.613. The van der Waals surface area contributed by atoms with Crippen molar-refractivity contribution >= 4 is 15.5 Å². The molecule has 0 heterocycles. The number of hydrogen-bond acceptors (Lipinski definition) is 5. The summed E-state index contributed by atoms with van der Waals surface area (Å²) >= 11 is 0. The zero-order chi connectivity index (χ0) is 18.1. The van der Waals surface area contributed by atoms with Gasteiger partial charge in [0.1, 0.15) is 5.75 Å². The van der Waals surface area contributed by atoms with E-state index in [2.05, 4.69) is 20.8 Å². The lowest BCUT2D eigenvalue weighted by atomic mass is 9.87.